The molecule has 88 valence electrons. The Morgan fingerprint density at radius 2 is 2.24 bits per heavy atom. The van der Waals surface area contributed by atoms with Crippen molar-refractivity contribution in [1.82, 2.24) is 0 Å². The third kappa shape index (κ3) is 2.50. The molecule has 1 aliphatic heterocycles. The molecule has 2 bridgehead atoms. The van der Waals surface area contributed by atoms with Crippen molar-refractivity contribution >= 4 is 0 Å². The van der Waals surface area contributed by atoms with E-state index in [-0.39, 0.29) is 0 Å². The minimum absolute atomic E-state index is 0.863. The minimum Gasteiger partial charge on any atom is -0.461 e. The van der Waals surface area contributed by atoms with Gasteiger partial charge in [0, 0.05) is 12.0 Å². The Labute approximate surface area is 103 Å². The van der Waals surface area contributed by atoms with Gasteiger partial charge in [0.15, 0.2) is 0 Å². The molecule has 1 aliphatic carbocycles. The lowest BCUT2D eigenvalue weighted by molar-refractivity contribution is 0.298. The summed E-state index contributed by atoms with van der Waals surface area (Å²) in [5.41, 5.74) is 3.68. The van der Waals surface area contributed by atoms with Crippen LogP contribution in [0.25, 0.3) is 0 Å². The van der Waals surface area contributed by atoms with Crippen molar-refractivity contribution < 1.29 is 4.74 Å². The maximum atomic E-state index is 5.86. The van der Waals surface area contributed by atoms with Crippen molar-refractivity contribution in [2.45, 2.75) is 26.7 Å². The predicted octanol–water partition coefficient (Wildman–Crippen LogP) is 4.58. The smallest absolute Gasteiger partial charge is 0.133 e. The fraction of sp³-hybridized carbons (Fsp3) is 0.250. The summed E-state index contributed by atoms with van der Waals surface area (Å²) in [5, 5.41) is 0. The zero-order chi connectivity index (χ0) is 12.3. The number of hydrogen-bond donors (Lipinski definition) is 0. The van der Waals surface area contributed by atoms with E-state index >= 15 is 0 Å². The van der Waals surface area contributed by atoms with E-state index in [4.69, 9.17) is 4.74 Å². The first kappa shape index (κ1) is 11.7. The molecular formula is C16H18O. The van der Waals surface area contributed by atoms with Crippen LogP contribution in [-0.2, 0) is 4.74 Å². The van der Waals surface area contributed by atoms with Crippen LogP contribution in [-0.4, -0.2) is 0 Å². The lowest BCUT2D eigenvalue weighted by Crippen LogP contribution is -2.05. The fourth-order valence-corrected chi connectivity index (χ4v) is 2.01. The minimum atomic E-state index is 0.863. The lowest BCUT2D eigenvalue weighted by Gasteiger charge is -2.21. The highest BCUT2D eigenvalue weighted by Crippen LogP contribution is 2.34. The standard InChI is InChI=1S/C16H18O/c1-4-6-7-15-13-9-8-12(3)10-14(11-13)17-16(15)5-2/h5-10H,2,4,11H2,1,3H3/b7-6-. The molecule has 1 heterocycles. The van der Waals surface area contributed by atoms with Gasteiger partial charge in [-0.2, -0.15) is 0 Å². The van der Waals surface area contributed by atoms with Crippen LogP contribution in [0.15, 0.2) is 71.3 Å². The van der Waals surface area contributed by atoms with E-state index in [1.807, 2.05) is 0 Å². The van der Waals surface area contributed by atoms with Crippen LogP contribution in [0.4, 0.5) is 0 Å². The van der Waals surface area contributed by atoms with Gasteiger partial charge in [0.05, 0.1) is 0 Å². The first-order chi connectivity index (χ1) is 8.24. The van der Waals surface area contributed by atoms with Gasteiger partial charge >= 0.3 is 0 Å². The van der Waals surface area contributed by atoms with Crippen molar-refractivity contribution in [3.63, 3.8) is 0 Å². The first-order valence-electron chi connectivity index (χ1n) is 6.04. The third-order valence-electron chi connectivity index (χ3n) is 2.86. The van der Waals surface area contributed by atoms with Crippen molar-refractivity contribution in [3.8, 4) is 0 Å². The SMILES string of the molecule is C=CC1=C(/C=C\CC)C2=CC=C(C)C=C(C2)O1. The van der Waals surface area contributed by atoms with Gasteiger partial charge in [0.25, 0.3) is 0 Å². The van der Waals surface area contributed by atoms with E-state index in [1.54, 1.807) is 6.08 Å². The largest absolute Gasteiger partial charge is 0.461 e. The summed E-state index contributed by atoms with van der Waals surface area (Å²) >= 11 is 0. The molecule has 2 aliphatic rings. The molecule has 1 nitrogen and oxygen atoms in total. The molecule has 0 aromatic rings. The Morgan fingerprint density at radius 1 is 1.41 bits per heavy atom. The molecule has 0 atom stereocenters. The Kier molecular flexibility index (Phi) is 3.48. The quantitative estimate of drug-likeness (QED) is 0.684. The van der Waals surface area contributed by atoms with Crippen molar-refractivity contribution in [3.05, 3.63) is 71.3 Å². The Bertz CT molecular complexity index is 482. The average Bonchev–Trinajstić information content (AvgIpc) is 2.47. The van der Waals surface area contributed by atoms with Gasteiger partial charge in [-0.05, 0) is 36.6 Å². The van der Waals surface area contributed by atoms with E-state index in [2.05, 4.69) is 50.8 Å². The number of ether oxygens (including phenoxy) is 1. The molecule has 0 spiro atoms. The fourth-order valence-electron chi connectivity index (χ4n) is 2.01. The van der Waals surface area contributed by atoms with Crippen LogP contribution in [0.2, 0.25) is 0 Å². The summed E-state index contributed by atoms with van der Waals surface area (Å²) in [4.78, 5) is 0. The van der Waals surface area contributed by atoms with Crippen molar-refractivity contribution in [2.75, 3.05) is 0 Å². The topological polar surface area (TPSA) is 9.23 Å². The highest BCUT2D eigenvalue weighted by Gasteiger charge is 2.19. The molecule has 0 fully saturated rings. The van der Waals surface area contributed by atoms with Gasteiger partial charge in [0.1, 0.15) is 11.5 Å². The molecule has 2 rings (SSSR count). The van der Waals surface area contributed by atoms with Crippen LogP contribution in [0.1, 0.15) is 26.7 Å². The summed E-state index contributed by atoms with van der Waals surface area (Å²) < 4.78 is 5.86. The molecule has 0 aromatic carbocycles. The maximum Gasteiger partial charge on any atom is 0.133 e. The molecule has 0 unspecified atom stereocenters. The van der Waals surface area contributed by atoms with E-state index < -0.39 is 0 Å². The summed E-state index contributed by atoms with van der Waals surface area (Å²) in [5.74, 6) is 1.87. The molecule has 17 heavy (non-hydrogen) atoms. The van der Waals surface area contributed by atoms with Crippen LogP contribution in [0, 0.1) is 0 Å². The highest BCUT2D eigenvalue weighted by atomic mass is 16.5. The molecule has 0 N–H and O–H groups in total. The summed E-state index contributed by atoms with van der Waals surface area (Å²) in [6, 6.07) is 0. The van der Waals surface area contributed by atoms with E-state index in [0.29, 0.717) is 0 Å². The number of allylic oxidation sites excluding steroid dienone is 9. The van der Waals surface area contributed by atoms with Gasteiger partial charge in [-0.1, -0.05) is 37.8 Å². The summed E-state index contributed by atoms with van der Waals surface area (Å²) in [6.45, 7) is 8.05. The second kappa shape index (κ2) is 5.05. The molecule has 0 saturated heterocycles. The highest BCUT2D eigenvalue weighted by molar-refractivity contribution is 5.52. The van der Waals surface area contributed by atoms with E-state index in [0.717, 1.165) is 29.9 Å². The third-order valence-corrected chi connectivity index (χ3v) is 2.86. The van der Waals surface area contributed by atoms with Gasteiger partial charge in [0.2, 0.25) is 0 Å². The normalized spacial score (nSPS) is 19.3. The van der Waals surface area contributed by atoms with Crippen LogP contribution >= 0.6 is 0 Å². The van der Waals surface area contributed by atoms with Crippen LogP contribution in [0.5, 0.6) is 0 Å². The number of hydrogen-bond acceptors (Lipinski definition) is 1. The molecule has 0 aromatic heterocycles. The Balaban J connectivity index is 2.48. The maximum absolute atomic E-state index is 5.86. The second-order valence-electron chi connectivity index (χ2n) is 4.28. The average molecular weight is 226 g/mol. The molecule has 0 radical (unpaired) electrons. The zero-order valence-corrected chi connectivity index (χ0v) is 10.5. The summed E-state index contributed by atoms with van der Waals surface area (Å²) in [6.07, 6.45) is 14.4. The van der Waals surface area contributed by atoms with Crippen molar-refractivity contribution in [2.24, 2.45) is 0 Å². The van der Waals surface area contributed by atoms with E-state index in [1.165, 1.54) is 11.1 Å². The first-order valence-corrected chi connectivity index (χ1v) is 6.04. The number of fused-ring (bicyclic) bond motifs is 2. The molecule has 1 heteroatoms. The monoisotopic (exact) mass is 226 g/mol. The van der Waals surface area contributed by atoms with Crippen molar-refractivity contribution in [1.29, 1.82) is 0 Å². The van der Waals surface area contributed by atoms with Gasteiger partial charge in [-0.15, -0.1) is 0 Å². The zero-order valence-electron chi connectivity index (χ0n) is 10.5. The Hall–Kier alpha value is -1.76. The van der Waals surface area contributed by atoms with Gasteiger partial charge in [-0.25, -0.2) is 0 Å². The lowest BCUT2D eigenvalue weighted by atomic mass is 9.97. The second-order valence-corrected chi connectivity index (χ2v) is 4.28. The predicted molar refractivity (Wildman–Crippen MR) is 72.3 cm³/mol. The van der Waals surface area contributed by atoms with Gasteiger partial charge < -0.3 is 4.74 Å². The van der Waals surface area contributed by atoms with Crippen LogP contribution < -0.4 is 0 Å². The molecule has 0 saturated carbocycles. The van der Waals surface area contributed by atoms with Gasteiger partial charge in [-0.3, -0.25) is 0 Å². The number of rotatable bonds is 3. The Morgan fingerprint density at radius 3 is 2.94 bits per heavy atom. The molecular weight excluding hydrogens is 208 g/mol. The van der Waals surface area contributed by atoms with Crippen LogP contribution in [0.3, 0.4) is 0 Å². The summed E-state index contributed by atoms with van der Waals surface area (Å²) in [7, 11) is 0. The van der Waals surface area contributed by atoms with E-state index in [9.17, 15) is 0 Å². The molecule has 0 amide bonds.